The molecular formula is C19H28N2O3. The number of benzene rings is 1. The molecule has 0 radical (unpaired) electrons. The number of likely N-dealkylation sites (tertiary alicyclic amines) is 1. The van der Waals surface area contributed by atoms with Crippen molar-refractivity contribution in [2.24, 2.45) is 5.92 Å². The molecule has 5 nitrogen and oxygen atoms in total. The minimum Gasteiger partial charge on any atom is -0.478 e. The van der Waals surface area contributed by atoms with Crippen LogP contribution < -0.4 is 5.32 Å². The largest absolute Gasteiger partial charge is 0.478 e. The first-order valence-corrected chi connectivity index (χ1v) is 8.85. The van der Waals surface area contributed by atoms with Crippen molar-refractivity contribution in [1.82, 2.24) is 10.2 Å². The number of aromatic carboxylic acids is 1. The number of nitrogens with one attached hydrogen (secondary N) is 1. The third-order valence-electron chi connectivity index (χ3n) is 4.80. The van der Waals surface area contributed by atoms with Gasteiger partial charge in [-0.1, -0.05) is 25.5 Å². The van der Waals surface area contributed by atoms with Crippen molar-refractivity contribution < 1.29 is 14.7 Å². The summed E-state index contributed by atoms with van der Waals surface area (Å²) >= 11 is 0. The fourth-order valence-electron chi connectivity index (χ4n) is 3.13. The lowest BCUT2D eigenvalue weighted by Gasteiger charge is -2.37. The lowest BCUT2D eigenvalue weighted by atomic mass is 9.92. The smallest absolute Gasteiger partial charge is 0.335 e. The Labute approximate surface area is 144 Å². The Bertz CT molecular complexity index is 556. The highest BCUT2D eigenvalue weighted by Crippen LogP contribution is 2.24. The molecule has 5 heteroatoms. The molecule has 24 heavy (non-hydrogen) atoms. The molecule has 0 aromatic heterocycles. The summed E-state index contributed by atoms with van der Waals surface area (Å²) in [6.07, 6.45) is 4.06. The first-order valence-electron chi connectivity index (χ1n) is 8.85. The second-order valence-electron chi connectivity index (χ2n) is 6.70. The molecule has 2 N–H and O–H groups in total. The molecule has 132 valence electrons. The fraction of sp³-hybridized carbons (Fsp3) is 0.579. The monoisotopic (exact) mass is 332 g/mol. The first-order chi connectivity index (χ1) is 11.5. The van der Waals surface area contributed by atoms with E-state index in [0.29, 0.717) is 11.6 Å². The molecular weight excluding hydrogens is 304 g/mol. The molecule has 0 bridgehead atoms. The van der Waals surface area contributed by atoms with E-state index in [4.69, 9.17) is 5.11 Å². The van der Waals surface area contributed by atoms with Crippen LogP contribution in [0.5, 0.6) is 0 Å². The van der Waals surface area contributed by atoms with Gasteiger partial charge >= 0.3 is 5.97 Å². The molecule has 0 spiro atoms. The van der Waals surface area contributed by atoms with Crippen LogP contribution in [0.25, 0.3) is 0 Å². The highest BCUT2D eigenvalue weighted by atomic mass is 16.4. The molecule has 1 aliphatic rings. The van der Waals surface area contributed by atoms with Gasteiger partial charge in [-0.05, 0) is 43.9 Å². The molecule has 1 aromatic rings. The van der Waals surface area contributed by atoms with Gasteiger partial charge < -0.3 is 10.4 Å². The van der Waals surface area contributed by atoms with Gasteiger partial charge in [0.2, 0.25) is 5.91 Å². The number of piperidine rings is 1. The lowest BCUT2D eigenvalue weighted by molar-refractivity contribution is -0.127. The quantitative estimate of drug-likeness (QED) is 0.753. The molecule has 1 aromatic carbocycles. The fourth-order valence-corrected chi connectivity index (χ4v) is 3.13. The Balaban J connectivity index is 1.93. The predicted molar refractivity (Wildman–Crippen MR) is 93.9 cm³/mol. The van der Waals surface area contributed by atoms with Crippen LogP contribution in [0.2, 0.25) is 0 Å². The highest BCUT2D eigenvalue weighted by molar-refractivity contribution is 5.87. The van der Waals surface area contributed by atoms with Gasteiger partial charge in [0, 0.05) is 25.7 Å². The van der Waals surface area contributed by atoms with Crippen molar-refractivity contribution in [3.63, 3.8) is 0 Å². The number of nitrogens with zero attached hydrogens (tertiary/aromatic N) is 1. The van der Waals surface area contributed by atoms with E-state index in [-0.39, 0.29) is 11.8 Å². The van der Waals surface area contributed by atoms with E-state index in [2.05, 4.69) is 24.1 Å². The molecule has 1 aliphatic heterocycles. The van der Waals surface area contributed by atoms with Crippen molar-refractivity contribution in [1.29, 1.82) is 0 Å². The van der Waals surface area contributed by atoms with Crippen molar-refractivity contribution >= 4 is 11.9 Å². The van der Waals surface area contributed by atoms with Crippen LogP contribution in [0.3, 0.4) is 0 Å². The van der Waals surface area contributed by atoms with Crippen LogP contribution in [-0.4, -0.2) is 41.0 Å². The number of rotatable bonds is 7. The summed E-state index contributed by atoms with van der Waals surface area (Å²) in [6.45, 7) is 6.58. The van der Waals surface area contributed by atoms with Crippen LogP contribution in [0.4, 0.5) is 0 Å². The molecule has 1 heterocycles. The number of hydrogen-bond acceptors (Lipinski definition) is 3. The molecule has 2 rings (SSSR count). The standard InChI is InChI=1S/C19H28N2O3/c1-3-4-11-20-18(22)17-8-5-14(2)21(13-17)12-15-6-9-16(10-7-15)19(23)24/h6-7,9-10,14,17H,3-5,8,11-13H2,1-2H3,(H,20,22)(H,23,24). The average molecular weight is 332 g/mol. The van der Waals surface area contributed by atoms with Crippen molar-refractivity contribution in [2.75, 3.05) is 13.1 Å². The molecule has 2 unspecified atom stereocenters. The number of amides is 1. The summed E-state index contributed by atoms with van der Waals surface area (Å²) in [7, 11) is 0. The summed E-state index contributed by atoms with van der Waals surface area (Å²) in [5.41, 5.74) is 1.39. The zero-order valence-electron chi connectivity index (χ0n) is 14.6. The van der Waals surface area contributed by atoms with Gasteiger partial charge in [0.25, 0.3) is 0 Å². The van der Waals surface area contributed by atoms with Crippen LogP contribution in [0.1, 0.15) is 55.5 Å². The maximum Gasteiger partial charge on any atom is 0.335 e. The molecule has 1 fully saturated rings. The topological polar surface area (TPSA) is 69.6 Å². The summed E-state index contributed by atoms with van der Waals surface area (Å²) < 4.78 is 0. The highest BCUT2D eigenvalue weighted by Gasteiger charge is 2.29. The second kappa shape index (κ2) is 8.83. The van der Waals surface area contributed by atoms with Crippen LogP contribution in [0, 0.1) is 5.92 Å². The van der Waals surface area contributed by atoms with Crippen molar-refractivity contribution in [3.8, 4) is 0 Å². The van der Waals surface area contributed by atoms with Crippen molar-refractivity contribution in [2.45, 2.75) is 52.1 Å². The molecule has 1 amide bonds. The van der Waals surface area contributed by atoms with Crippen LogP contribution >= 0.6 is 0 Å². The normalized spacial score (nSPS) is 21.4. The first kappa shape index (κ1) is 18.5. The third kappa shape index (κ3) is 5.06. The Kier molecular flexibility index (Phi) is 6.79. The third-order valence-corrected chi connectivity index (χ3v) is 4.80. The molecule has 1 saturated heterocycles. The summed E-state index contributed by atoms with van der Waals surface area (Å²) in [6, 6.07) is 7.44. The minimum atomic E-state index is -0.906. The number of carbonyl (C=O) groups is 2. The van der Waals surface area contributed by atoms with E-state index in [1.54, 1.807) is 12.1 Å². The molecule has 0 saturated carbocycles. The number of carboxylic acids is 1. The van der Waals surface area contributed by atoms with E-state index in [0.717, 1.165) is 50.9 Å². The van der Waals surface area contributed by atoms with Gasteiger partial charge in [0.1, 0.15) is 0 Å². The number of carbonyl (C=O) groups excluding carboxylic acids is 1. The van der Waals surface area contributed by atoms with Crippen LogP contribution in [0.15, 0.2) is 24.3 Å². The Hall–Kier alpha value is -1.88. The van der Waals surface area contributed by atoms with Gasteiger partial charge in [-0.2, -0.15) is 0 Å². The SMILES string of the molecule is CCCCNC(=O)C1CCC(C)N(Cc2ccc(C(=O)O)cc2)C1. The zero-order chi connectivity index (χ0) is 17.5. The Morgan fingerprint density at radius 2 is 1.96 bits per heavy atom. The number of unbranched alkanes of at least 4 members (excludes halogenated alkanes) is 1. The molecule has 2 atom stereocenters. The van der Waals surface area contributed by atoms with Gasteiger partial charge in [-0.3, -0.25) is 9.69 Å². The maximum atomic E-state index is 12.3. The summed E-state index contributed by atoms with van der Waals surface area (Å²) in [5.74, 6) is -0.686. The van der Waals surface area contributed by atoms with Gasteiger partial charge in [-0.15, -0.1) is 0 Å². The maximum absolute atomic E-state index is 12.3. The second-order valence-corrected chi connectivity index (χ2v) is 6.70. The van der Waals surface area contributed by atoms with E-state index < -0.39 is 5.97 Å². The number of hydrogen-bond donors (Lipinski definition) is 2. The Morgan fingerprint density at radius 1 is 1.25 bits per heavy atom. The van der Waals surface area contributed by atoms with Crippen LogP contribution in [-0.2, 0) is 11.3 Å². The van der Waals surface area contributed by atoms with Gasteiger partial charge in [0.15, 0.2) is 0 Å². The van der Waals surface area contributed by atoms with E-state index in [1.807, 2.05) is 12.1 Å². The molecule has 0 aliphatic carbocycles. The van der Waals surface area contributed by atoms with E-state index >= 15 is 0 Å². The predicted octanol–water partition coefficient (Wildman–Crippen LogP) is 2.90. The zero-order valence-corrected chi connectivity index (χ0v) is 14.6. The summed E-state index contributed by atoms with van der Waals surface area (Å²) in [5, 5.41) is 12.0. The Morgan fingerprint density at radius 3 is 2.58 bits per heavy atom. The van der Waals surface area contributed by atoms with E-state index in [9.17, 15) is 9.59 Å². The minimum absolute atomic E-state index is 0.0522. The number of carboxylic acid groups (broad SMARTS) is 1. The van der Waals surface area contributed by atoms with E-state index in [1.165, 1.54) is 0 Å². The average Bonchev–Trinajstić information content (AvgIpc) is 2.57. The van der Waals surface area contributed by atoms with Gasteiger partial charge in [-0.25, -0.2) is 4.79 Å². The van der Waals surface area contributed by atoms with Gasteiger partial charge in [0.05, 0.1) is 11.5 Å². The lowest BCUT2D eigenvalue weighted by Crippen LogP contribution is -2.46. The summed E-state index contributed by atoms with van der Waals surface area (Å²) in [4.78, 5) is 25.5. The van der Waals surface area contributed by atoms with Crippen molar-refractivity contribution in [3.05, 3.63) is 35.4 Å².